The number of pyridine rings is 2. The van der Waals surface area contributed by atoms with E-state index in [1.807, 2.05) is 6.07 Å². The van der Waals surface area contributed by atoms with Gasteiger partial charge in [-0.2, -0.15) is 0 Å². The Balaban J connectivity index is 1.35. The first kappa shape index (κ1) is 17.0. The van der Waals surface area contributed by atoms with Gasteiger partial charge in [-0.3, -0.25) is 4.90 Å². The second kappa shape index (κ2) is 7.09. The average molecular weight is 365 g/mol. The summed E-state index contributed by atoms with van der Waals surface area (Å²) in [7, 11) is 0. The van der Waals surface area contributed by atoms with Crippen molar-refractivity contribution < 1.29 is 4.74 Å². The van der Waals surface area contributed by atoms with Crippen LogP contribution in [-0.2, 0) is 4.74 Å². The fraction of sp³-hybridized carbons (Fsp3) is 0.524. The van der Waals surface area contributed by atoms with Crippen molar-refractivity contribution in [3.8, 4) is 0 Å². The first-order valence-electron chi connectivity index (χ1n) is 10.1. The minimum absolute atomic E-state index is 0.608. The first-order valence-corrected chi connectivity index (χ1v) is 10.1. The molecule has 6 nitrogen and oxygen atoms in total. The van der Waals surface area contributed by atoms with Crippen molar-refractivity contribution in [2.75, 3.05) is 37.4 Å². The summed E-state index contributed by atoms with van der Waals surface area (Å²) in [5.74, 6) is 2.88. The fourth-order valence-corrected chi connectivity index (χ4v) is 4.14. The Morgan fingerprint density at radius 2 is 1.81 bits per heavy atom. The van der Waals surface area contributed by atoms with Gasteiger partial charge in [0.15, 0.2) is 0 Å². The molecule has 27 heavy (non-hydrogen) atoms. The summed E-state index contributed by atoms with van der Waals surface area (Å²) in [6.45, 7) is 4.15. The molecule has 1 saturated carbocycles. The molecule has 3 N–H and O–H groups in total. The lowest BCUT2D eigenvalue weighted by Gasteiger charge is -2.41. The van der Waals surface area contributed by atoms with Crippen LogP contribution in [0, 0.1) is 0 Å². The number of likely N-dealkylation sites (tertiary alicyclic amines) is 1. The molecule has 0 unspecified atom stereocenters. The van der Waals surface area contributed by atoms with Crippen LogP contribution in [0.5, 0.6) is 0 Å². The fourth-order valence-electron chi connectivity index (χ4n) is 4.14. The molecule has 4 heterocycles. The van der Waals surface area contributed by atoms with Gasteiger partial charge in [-0.05, 0) is 68.5 Å². The second-order valence-electron chi connectivity index (χ2n) is 8.09. The van der Waals surface area contributed by atoms with Crippen molar-refractivity contribution in [3.63, 3.8) is 0 Å². The van der Waals surface area contributed by atoms with Crippen LogP contribution in [0.4, 0.5) is 17.3 Å². The van der Waals surface area contributed by atoms with E-state index in [1.54, 1.807) is 12.3 Å². The van der Waals surface area contributed by atoms with Crippen molar-refractivity contribution in [1.82, 2.24) is 14.9 Å². The lowest BCUT2D eigenvalue weighted by Crippen LogP contribution is -2.51. The molecule has 5 rings (SSSR count). The molecule has 0 aromatic carbocycles. The third-order valence-electron chi connectivity index (χ3n) is 6.04. The molecule has 0 bridgehead atoms. The zero-order valence-corrected chi connectivity index (χ0v) is 15.6. The molecule has 1 aliphatic carbocycles. The van der Waals surface area contributed by atoms with E-state index in [-0.39, 0.29) is 0 Å². The molecule has 0 spiro atoms. The summed E-state index contributed by atoms with van der Waals surface area (Å²) in [6.07, 6.45) is 6.66. The Morgan fingerprint density at radius 1 is 1.00 bits per heavy atom. The minimum atomic E-state index is 0.608. The number of nitrogens with one attached hydrogen (secondary N) is 1. The number of piperidine rings is 1. The maximum absolute atomic E-state index is 5.89. The number of nitrogen functional groups attached to an aromatic ring is 1. The van der Waals surface area contributed by atoms with E-state index < -0.39 is 0 Å². The van der Waals surface area contributed by atoms with E-state index in [0.29, 0.717) is 23.6 Å². The highest BCUT2D eigenvalue weighted by atomic mass is 16.5. The maximum atomic E-state index is 5.89. The van der Waals surface area contributed by atoms with Crippen LogP contribution in [0.3, 0.4) is 0 Å². The number of ether oxygens (including phenoxy) is 1. The lowest BCUT2D eigenvalue weighted by molar-refractivity contribution is -0.0712. The Kier molecular flexibility index (Phi) is 4.45. The van der Waals surface area contributed by atoms with Gasteiger partial charge >= 0.3 is 0 Å². The Labute approximate surface area is 160 Å². The summed E-state index contributed by atoms with van der Waals surface area (Å²) in [6, 6.07) is 8.86. The number of hydrogen-bond donors (Lipinski definition) is 2. The summed E-state index contributed by atoms with van der Waals surface area (Å²) < 4.78 is 5.36. The number of aromatic nitrogens is 2. The molecule has 2 aliphatic heterocycles. The van der Waals surface area contributed by atoms with Crippen LogP contribution in [0.15, 0.2) is 30.5 Å². The lowest BCUT2D eigenvalue weighted by atomic mass is 9.88. The molecule has 2 aromatic rings. The van der Waals surface area contributed by atoms with Crippen molar-refractivity contribution in [2.45, 2.75) is 43.6 Å². The maximum Gasteiger partial charge on any atom is 0.133 e. The third-order valence-corrected chi connectivity index (χ3v) is 6.04. The van der Waals surface area contributed by atoms with Gasteiger partial charge in [0.05, 0.1) is 19.3 Å². The SMILES string of the molecule is Nc1ccnc(Nc2cc(C3CCN(C4COC4)CC3)cc(C3CC3)n2)c1. The highest BCUT2D eigenvalue weighted by Crippen LogP contribution is 2.41. The summed E-state index contributed by atoms with van der Waals surface area (Å²) in [4.78, 5) is 11.8. The minimum Gasteiger partial charge on any atom is -0.399 e. The highest BCUT2D eigenvalue weighted by Gasteiger charge is 2.31. The van der Waals surface area contributed by atoms with Crippen LogP contribution in [0.2, 0.25) is 0 Å². The number of nitrogens with zero attached hydrogens (tertiary/aromatic N) is 3. The van der Waals surface area contributed by atoms with Crippen LogP contribution >= 0.6 is 0 Å². The van der Waals surface area contributed by atoms with E-state index in [0.717, 1.165) is 24.8 Å². The largest absolute Gasteiger partial charge is 0.399 e. The molecule has 0 atom stereocenters. The third kappa shape index (κ3) is 3.77. The molecule has 3 aliphatic rings. The van der Waals surface area contributed by atoms with Gasteiger partial charge in [-0.1, -0.05) is 0 Å². The molecular weight excluding hydrogens is 338 g/mol. The van der Waals surface area contributed by atoms with Gasteiger partial charge in [-0.15, -0.1) is 0 Å². The summed E-state index contributed by atoms with van der Waals surface area (Å²) in [5.41, 5.74) is 9.24. The molecule has 0 radical (unpaired) electrons. The van der Waals surface area contributed by atoms with E-state index >= 15 is 0 Å². The van der Waals surface area contributed by atoms with E-state index in [1.165, 1.54) is 50.0 Å². The van der Waals surface area contributed by atoms with Gasteiger partial charge < -0.3 is 15.8 Å². The predicted molar refractivity (Wildman–Crippen MR) is 106 cm³/mol. The van der Waals surface area contributed by atoms with Crippen molar-refractivity contribution in [3.05, 3.63) is 41.7 Å². The van der Waals surface area contributed by atoms with Crippen molar-refractivity contribution >= 4 is 17.3 Å². The topological polar surface area (TPSA) is 76.3 Å². The van der Waals surface area contributed by atoms with Crippen LogP contribution in [-0.4, -0.2) is 47.2 Å². The molecule has 0 amide bonds. The zero-order valence-electron chi connectivity index (χ0n) is 15.6. The normalized spacial score (nSPS) is 21.8. The van der Waals surface area contributed by atoms with E-state index in [9.17, 15) is 0 Å². The van der Waals surface area contributed by atoms with Gasteiger partial charge in [0.25, 0.3) is 0 Å². The standard InChI is InChI=1S/C21H27N5O/c22-17-3-6-23-20(11-17)25-21-10-16(9-19(24-21)15-1-2-15)14-4-7-26(8-5-14)18-12-27-13-18/h3,6,9-11,14-15,18H,1-2,4-5,7-8,12-13H2,(H3,22,23,24,25). The van der Waals surface area contributed by atoms with Gasteiger partial charge in [0, 0.05) is 29.6 Å². The monoisotopic (exact) mass is 365 g/mol. The van der Waals surface area contributed by atoms with Crippen LogP contribution < -0.4 is 11.1 Å². The molecule has 6 heteroatoms. The highest BCUT2D eigenvalue weighted by molar-refractivity contribution is 5.58. The Hall–Kier alpha value is -2.18. The Bertz CT molecular complexity index is 810. The van der Waals surface area contributed by atoms with Crippen molar-refractivity contribution in [1.29, 1.82) is 0 Å². The van der Waals surface area contributed by atoms with E-state index in [2.05, 4.69) is 27.3 Å². The molecule has 2 aromatic heterocycles. The van der Waals surface area contributed by atoms with Gasteiger partial charge in [0.1, 0.15) is 11.6 Å². The van der Waals surface area contributed by atoms with E-state index in [4.69, 9.17) is 15.5 Å². The number of rotatable bonds is 5. The molecule has 2 saturated heterocycles. The van der Waals surface area contributed by atoms with Gasteiger partial charge in [-0.25, -0.2) is 9.97 Å². The Morgan fingerprint density at radius 3 is 2.48 bits per heavy atom. The first-order chi connectivity index (χ1) is 13.2. The van der Waals surface area contributed by atoms with Crippen LogP contribution in [0.1, 0.15) is 48.8 Å². The average Bonchev–Trinajstić information content (AvgIpc) is 3.46. The smallest absolute Gasteiger partial charge is 0.133 e. The van der Waals surface area contributed by atoms with Gasteiger partial charge in [0.2, 0.25) is 0 Å². The summed E-state index contributed by atoms with van der Waals surface area (Å²) in [5, 5.41) is 3.36. The van der Waals surface area contributed by atoms with Crippen molar-refractivity contribution in [2.24, 2.45) is 0 Å². The summed E-state index contributed by atoms with van der Waals surface area (Å²) >= 11 is 0. The van der Waals surface area contributed by atoms with Crippen LogP contribution in [0.25, 0.3) is 0 Å². The molecule has 3 fully saturated rings. The predicted octanol–water partition coefficient (Wildman–Crippen LogP) is 3.26. The quantitative estimate of drug-likeness (QED) is 0.847. The number of anilines is 3. The molecular formula is C21H27N5O. The zero-order chi connectivity index (χ0) is 18.2. The number of hydrogen-bond acceptors (Lipinski definition) is 6. The number of nitrogens with two attached hydrogens (primary N) is 1. The molecule has 142 valence electrons. The second-order valence-corrected chi connectivity index (χ2v) is 8.09.